The number of carbonyl (C=O) groups excluding carboxylic acids is 1. The number of hydrogen-bond donors (Lipinski definition) is 1. The zero-order chi connectivity index (χ0) is 26.4. The summed E-state index contributed by atoms with van der Waals surface area (Å²) >= 11 is 0. The monoisotopic (exact) mass is 499 g/mol. The first-order chi connectivity index (χ1) is 17.8. The second-order valence-electron chi connectivity index (χ2n) is 8.96. The number of anilines is 2. The third-order valence-corrected chi connectivity index (χ3v) is 6.04. The molecule has 1 atom stereocenters. The van der Waals surface area contributed by atoms with E-state index in [4.69, 9.17) is 4.74 Å². The van der Waals surface area contributed by atoms with Gasteiger partial charge in [-0.05, 0) is 54.3 Å². The maximum absolute atomic E-state index is 13.5. The van der Waals surface area contributed by atoms with Crippen molar-refractivity contribution in [2.24, 2.45) is 5.92 Å². The summed E-state index contributed by atoms with van der Waals surface area (Å²) in [7, 11) is 1.27. The molecule has 9 heteroatoms. The third kappa shape index (κ3) is 6.38. The van der Waals surface area contributed by atoms with Crippen molar-refractivity contribution in [2.45, 2.75) is 33.4 Å². The van der Waals surface area contributed by atoms with Gasteiger partial charge >= 0.3 is 17.3 Å². The van der Waals surface area contributed by atoms with Gasteiger partial charge in [0.05, 0.1) is 19.6 Å². The molecule has 0 bridgehead atoms. The van der Waals surface area contributed by atoms with E-state index in [1.165, 1.54) is 11.7 Å². The van der Waals surface area contributed by atoms with Crippen LogP contribution in [0.3, 0.4) is 0 Å². The van der Waals surface area contributed by atoms with Crippen LogP contribution in [0.15, 0.2) is 82.6 Å². The molecule has 2 aromatic heterocycles. The van der Waals surface area contributed by atoms with Gasteiger partial charge in [-0.1, -0.05) is 48.9 Å². The first kappa shape index (κ1) is 25.6. The van der Waals surface area contributed by atoms with Crippen molar-refractivity contribution < 1.29 is 9.53 Å². The van der Waals surface area contributed by atoms with Gasteiger partial charge < -0.3 is 10.1 Å². The normalized spacial score (nSPS) is 11.6. The van der Waals surface area contributed by atoms with Crippen molar-refractivity contribution in [3.8, 4) is 0 Å². The van der Waals surface area contributed by atoms with E-state index in [2.05, 4.69) is 15.3 Å². The number of methoxy groups -OCH3 is 1. The topological polar surface area (TPSA) is 108 Å². The molecule has 0 amide bonds. The number of rotatable bonds is 9. The van der Waals surface area contributed by atoms with E-state index in [1.54, 1.807) is 19.3 Å². The number of aryl methyl sites for hydroxylation is 1. The Morgan fingerprint density at radius 2 is 1.54 bits per heavy atom. The summed E-state index contributed by atoms with van der Waals surface area (Å²) in [4.78, 5) is 46.4. The van der Waals surface area contributed by atoms with Crippen molar-refractivity contribution in [3.05, 3.63) is 116 Å². The molecule has 0 radical (unpaired) electrons. The third-order valence-electron chi connectivity index (χ3n) is 6.04. The molecule has 0 unspecified atom stereocenters. The summed E-state index contributed by atoms with van der Waals surface area (Å²) < 4.78 is 7.13. The lowest BCUT2D eigenvalue weighted by Gasteiger charge is -2.17. The predicted molar refractivity (Wildman–Crippen MR) is 141 cm³/mol. The Kier molecular flexibility index (Phi) is 7.92. The van der Waals surface area contributed by atoms with Gasteiger partial charge in [0.2, 0.25) is 5.95 Å². The second-order valence-corrected chi connectivity index (χ2v) is 8.96. The van der Waals surface area contributed by atoms with Crippen molar-refractivity contribution in [2.75, 3.05) is 12.4 Å². The highest BCUT2D eigenvalue weighted by atomic mass is 16.5. The number of aromatic nitrogens is 4. The highest BCUT2D eigenvalue weighted by Gasteiger charge is 2.20. The SMILES string of the molecule is COC(=O)[C@@H](C)Cn1c(=O)nc(Nc2ccc(Cc3ccncc3)cc2)n(Cc2ccc(C)cc2)c1=O. The number of nitrogens with zero attached hydrogens (tertiary/aromatic N) is 4. The Morgan fingerprint density at radius 1 is 0.919 bits per heavy atom. The maximum atomic E-state index is 13.5. The van der Waals surface area contributed by atoms with Crippen LogP contribution < -0.4 is 16.7 Å². The molecule has 37 heavy (non-hydrogen) atoms. The van der Waals surface area contributed by atoms with Crippen molar-refractivity contribution in [3.63, 3.8) is 0 Å². The van der Waals surface area contributed by atoms with Crippen LogP contribution in [0.2, 0.25) is 0 Å². The number of pyridine rings is 1. The molecule has 2 heterocycles. The highest BCUT2D eigenvalue weighted by molar-refractivity contribution is 5.71. The molecule has 0 aliphatic heterocycles. The lowest BCUT2D eigenvalue weighted by Crippen LogP contribution is -2.44. The summed E-state index contributed by atoms with van der Waals surface area (Å²) in [6.45, 7) is 3.65. The minimum absolute atomic E-state index is 0.124. The Hall–Kier alpha value is -4.53. The fourth-order valence-corrected chi connectivity index (χ4v) is 3.92. The van der Waals surface area contributed by atoms with E-state index in [0.29, 0.717) is 5.69 Å². The minimum atomic E-state index is -0.738. The Morgan fingerprint density at radius 3 is 2.19 bits per heavy atom. The molecular weight excluding hydrogens is 470 g/mol. The number of benzene rings is 2. The van der Waals surface area contributed by atoms with Gasteiger partial charge in [-0.3, -0.25) is 14.3 Å². The molecule has 1 N–H and O–H groups in total. The van der Waals surface area contributed by atoms with Gasteiger partial charge in [0, 0.05) is 24.6 Å². The molecule has 0 fully saturated rings. The molecule has 2 aromatic carbocycles. The number of carbonyl (C=O) groups is 1. The summed E-state index contributed by atoms with van der Waals surface area (Å²) in [5.74, 6) is -1.07. The lowest BCUT2D eigenvalue weighted by atomic mass is 10.1. The molecule has 0 saturated carbocycles. The van der Waals surface area contributed by atoms with Crippen LogP contribution >= 0.6 is 0 Å². The predicted octanol–water partition coefficient (Wildman–Crippen LogP) is 3.30. The molecule has 0 spiro atoms. The lowest BCUT2D eigenvalue weighted by molar-refractivity contribution is -0.145. The number of ether oxygens (including phenoxy) is 1. The number of hydrogen-bond acceptors (Lipinski definition) is 7. The van der Waals surface area contributed by atoms with Crippen LogP contribution in [0.25, 0.3) is 0 Å². The van der Waals surface area contributed by atoms with Gasteiger partial charge in [-0.25, -0.2) is 14.2 Å². The van der Waals surface area contributed by atoms with Crippen molar-refractivity contribution >= 4 is 17.6 Å². The van der Waals surface area contributed by atoms with Crippen LogP contribution in [0.4, 0.5) is 11.6 Å². The average molecular weight is 500 g/mol. The van der Waals surface area contributed by atoms with Crippen LogP contribution in [0.1, 0.15) is 29.2 Å². The van der Waals surface area contributed by atoms with Crippen LogP contribution in [-0.4, -0.2) is 32.2 Å². The van der Waals surface area contributed by atoms with E-state index in [0.717, 1.165) is 33.2 Å². The van der Waals surface area contributed by atoms with Gasteiger partial charge in [-0.2, -0.15) is 4.98 Å². The van der Waals surface area contributed by atoms with Crippen LogP contribution in [0, 0.1) is 12.8 Å². The quantitative estimate of drug-likeness (QED) is 0.352. The molecule has 0 aliphatic rings. The fourth-order valence-electron chi connectivity index (χ4n) is 3.92. The maximum Gasteiger partial charge on any atom is 0.354 e. The van der Waals surface area contributed by atoms with E-state index in [1.807, 2.05) is 67.6 Å². The highest BCUT2D eigenvalue weighted by Crippen LogP contribution is 2.17. The van der Waals surface area contributed by atoms with Gasteiger partial charge in [0.25, 0.3) is 0 Å². The van der Waals surface area contributed by atoms with Gasteiger partial charge in [0.15, 0.2) is 0 Å². The number of nitrogens with one attached hydrogen (secondary N) is 1. The standard InChI is InChI=1S/C28H29N5O4/c1-19-4-6-23(7-5-19)18-32-26(31-27(35)33(28(32)36)17-20(2)25(34)37-3)30-24-10-8-21(9-11-24)16-22-12-14-29-15-13-22/h4-15,20H,16-18H2,1-3H3,(H,30,31,35)/t20-/m0/s1. The Bertz CT molecular complexity index is 1480. The minimum Gasteiger partial charge on any atom is -0.469 e. The molecule has 190 valence electrons. The first-order valence-electron chi connectivity index (χ1n) is 11.9. The largest absolute Gasteiger partial charge is 0.469 e. The van der Waals surface area contributed by atoms with Crippen molar-refractivity contribution in [1.29, 1.82) is 0 Å². The number of esters is 1. The molecule has 4 aromatic rings. The Balaban J connectivity index is 1.66. The smallest absolute Gasteiger partial charge is 0.354 e. The average Bonchev–Trinajstić information content (AvgIpc) is 2.91. The summed E-state index contributed by atoms with van der Waals surface area (Å²) in [5.41, 5.74) is 3.60. The second kappa shape index (κ2) is 11.5. The Labute approximate surface area is 214 Å². The summed E-state index contributed by atoms with van der Waals surface area (Å²) in [5, 5.41) is 3.13. The summed E-state index contributed by atoms with van der Waals surface area (Å²) in [6.07, 6.45) is 4.28. The van der Waals surface area contributed by atoms with Crippen LogP contribution in [0.5, 0.6) is 0 Å². The molecule has 0 aliphatic carbocycles. The first-order valence-corrected chi connectivity index (χ1v) is 11.9. The van der Waals surface area contributed by atoms with Gasteiger partial charge in [0.1, 0.15) is 0 Å². The zero-order valence-corrected chi connectivity index (χ0v) is 21.0. The van der Waals surface area contributed by atoms with Crippen LogP contribution in [-0.2, 0) is 29.0 Å². The molecule has 0 saturated heterocycles. The molecule has 4 rings (SSSR count). The zero-order valence-electron chi connectivity index (χ0n) is 21.0. The van der Waals surface area contributed by atoms with Crippen molar-refractivity contribution in [1.82, 2.24) is 19.1 Å². The molecular formula is C28H29N5O4. The fraction of sp³-hybridized carbons (Fsp3) is 0.250. The van der Waals surface area contributed by atoms with E-state index in [9.17, 15) is 14.4 Å². The van der Waals surface area contributed by atoms with Gasteiger partial charge in [-0.15, -0.1) is 0 Å². The van der Waals surface area contributed by atoms with E-state index in [-0.39, 0.29) is 19.0 Å². The summed E-state index contributed by atoms with van der Waals surface area (Å²) in [6, 6.07) is 19.4. The van der Waals surface area contributed by atoms with E-state index >= 15 is 0 Å². The van der Waals surface area contributed by atoms with E-state index < -0.39 is 23.3 Å². The molecule has 9 nitrogen and oxygen atoms in total.